The predicted molar refractivity (Wildman–Crippen MR) is 99.5 cm³/mol. The van der Waals surface area contributed by atoms with Crippen LogP contribution in [-0.2, 0) is 4.79 Å². The number of amides is 1. The molecule has 4 nitrogen and oxygen atoms in total. The second-order valence-electron chi connectivity index (χ2n) is 6.13. The van der Waals surface area contributed by atoms with Crippen LogP contribution in [0.15, 0.2) is 48.5 Å². The van der Waals surface area contributed by atoms with Crippen LogP contribution in [-0.4, -0.2) is 16.2 Å². The van der Waals surface area contributed by atoms with Crippen molar-refractivity contribution in [2.45, 2.75) is 44.6 Å². The Labute approximate surface area is 153 Å². The minimum atomic E-state index is -0.472. The number of carbonyl (C=O) groups is 1. The first-order valence-electron chi connectivity index (χ1n) is 8.57. The number of hydroxylamine groups is 1. The van der Waals surface area contributed by atoms with Gasteiger partial charge in [-0.05, 0) is 41.7 Å². The molecule has 25 heavy (non-hydrogen) atoms. The number of benzene rings is 2. The summed E-state index contributed by atoms with van der Waals surface area (Å²) in [5.41, 5.74) is 4.73. The number of aliphatic hydroxyl groups is 1. The van der Waals surface area contributed by atoms with Crippen LogP contribution in [0, 0.1) is 0 Å². The van der Waals surface area contributed by atoms with Crippen molar-refractivity contribution in [1.29, 1.82) is 0 Å². The van der Waals surface area contributed by atoms with Crippen LogP contribution in [0.5, 0.6) is 0 Å². The van der Waals surface area contributed by atoms with E-state index >= 15 is 0 Å². The molecule has 2 aromatic rings. The summed E-state index contributed by atoms with van der Waals surface area (Å²) in [7, 11) is 0. The van der Waals surface area contributed by atoms with E-state index in [4.69, 9.17) is 16.8 Å². The van der Waals surface area contributed by atoms with E-state index in [1.165, 1.54) is 0 Å². The maximum Gasteiger partial charge on any atom is 0.243 e. The topological polar surface area (TPSA) is 69.6 Å². The van der Waals surface area contributed by atoms with Gasteiger partial charge < -0.3 is 5.11 Å². The van der Waals surface area contributed by atoms with E-state index in [0.717, 1.165) is 42.4 Å². The summed E-state index contributed by atoms with van der Waals surface area (Å²) in [6.45, 7) is 0. The molecular formula is C20H24ClNO3. The van der Waals surface area contributed by atoms with E-state index in [9.17, 15) is 9.90 Å². The zero-order valence-electron chi connectivity index (χ0n) is 14.1. The Morgan fingerprint density at radius 1 is 0.920 bits per heavy atom. The summed E-state index contributed by atoms with van der Waals surface area (Å²) in [5, 5.41) is 19.4. The summed E-state index contributed by atoms with van der Waals surface area (Å²) in [6.07, 6.45) is 4.09. The maximum atomic E-state index is 10.9. The first-order chi connectivity index (χ1) is 12.1. The lowest BCUT2D eigenvalue weighted by Crippen LogP contribution is -2.17. The highest BCUT2D eigenvalue weighted by Gasteiger charge is 2.08. The quantitative estimate of drug-likeness (QED) is 0.338. The SMILES string of the molecule is O=C(CCCCCCC(O)c1ccc(-c2ccc(Cl)cc2)cc1)NO. The summed E-state index contributed by atoms with van der Waals surface area (Å²) in [5.74, 6) is -0.346. The molecule has 3 N–H and O–H groups in total. The first-order valence-corrected chi connectivity index (χ1v) is 8.95. The number of hydrogen-bond donors (Lipinski definition) is 3. The Balaban J connectivity index is 1.75. The van der Waals surface area contributed by atoms with Gasteiger partial charge in [0, 0.05) is 11.4 Å². The number of unbranched alkanes of at least 4 members (excludes halogenated alkanes) is 3. The zero-order valence-corrected chi connectivity index (χ0v) is 14.9. The van der Waals surface area contributed by atoms with E-state index in [-0.39, 0.29) is 5.91 Å². The number of aliphatic hydroxyl groups excluding tert-OH is 1. The van der Waals surface area contributed by atoms with Crippen LogP contribution >= 0.6 is 11.6 Å². The molecule has 0 aliphatic carbocycles. The monoisotopic (exact) mass is 361 g/mol. The molecule has 5 heteroatoms. The van der Waals surface area contributed by atoms with Crippen LogP contribution in [0.4, 0.5) is 0 Å². The fourth-order valence-corrected chi connectivity index (χ4v) is 2.87. The Morgan fingerprint density at radius 2 is 1.48 bits per heavy atom. The van der Waals surface area contributed by atoms with Crippen molar-refractivity contribution in [1.82, 2.24) is 5.48 Å². The molecule has 0 aliphatic heterocycles. The molecule has 2 rings (SSSR count). The van der Waals surface area contributed by atoms with Gasteiger partial charge in [-0.15, -0.1) is 0 Å². The van der Waals surface area contributed by atoms with Gasteiger partial charge in [0.2, 0.25) is 5.91 Å². The first kappa shape index (κ1) is 19.4. The molecule has 0 fully saturated rings. The van der Waals surface area contributed by atoms with Gasteiger partial charge in [0.05, 0.1) is 6.10 Å². The van der Waals surface area contributed by atoms with E-state index in [1.807, 2.05) is 48.5 Å². The van der Waals surface area contributed by atoms with Crippen LogP contribution < -0.4 is 5.48 Å². The van der Waals surface area contributed by atoms with Crippen LogP contribution in [0.2, 0.25) is 5.02 Å². The van der Waals surface area contributed by atoms with Gasteiger partial charge in [0.15, 0.2) is 0 Å². The van der Waals surface area contributed by atoms with Gasteiger partial charge in [-0.1, -0.05) is 67.3 Å². The molecular weight excluding hydrogens is 338 g/mol. The molecule has 0 saturated heterocycles. The summed E-state index contributed by atoms with van der Waals surface area (Å²) < 4.78 is 0. The van der Waals surface area contributed by atoms with E-state index in [1.54, 1.807) is 5.48 Å². The Kier molecular flexibility index (Phi) is 7.92. The number of carbonyl (C=O) groups excluding carboxylic acids is 1. The van der Waals surface area contributed by atoms with Crippen molar-refractivity contribution in [2.24, 2.45) is 0 Å². The third-order valence-electron chi connectivity index (χ3n) is 4.23. The fourth-order valence-electron chi connectivity index (χ4n) is 2.74. The van der Waals surface area contributed by atoms with Crippen molar-refractivity contribution in [2.75, 3.05) is 0 Å². The molecule has 0 spiro atoms. The molecule has 0 aliphatic rings. The van der Waals surface area contributed by atoms with Crippen molar-refractivity contribution >= 4 is 17.5 Å². The molecule has 1 amide bonds. The largest absolute Gasteiger partial charge is 0.388 e. The Morgan fingerprint density at radius 3 is 2.08 bits per heavy atom. The van der Waals surface area contributed by atoms with Crippen molar-refractivity contribution < 1.29 is 15.1 Å². The smallest absolute Gasteiger partial charge is 0.243 e. The van der Waals surface area contributed by atoms with Crippen molar-refractivity contribution in [3.63, 3.8) is 0 Å². The van der Waals surface area contributed by atoms with E-state index in [0.29, 0.717) is 17.9 Å². The lowest BCUT2D eigenvalue weighted by Gasteiger charge is -2.12. The molecule has 0 heterocycles. The molecule has 0 aromatic heterocycles. The van der Waals surface area contributed by atoms with Crippen LogP contribution in [0.25, 0.3) is 11.1 Å². The molecule has 0 radical (unpaired) electrons. The van der Waals surface area contributed by atoms with Crippen LogP contribution in [0.1, 0.15) is 50.2 Å². The number of rotatable bonds is 9. The fraction of sp³-hybridized carbons (Fsp3) is 0.350. The Bertz CT molecular complexity index is 656. The Hall–Kier alpha value is -1.88. The lowest BCUT2D eigenvalue weighted by atomic mass is 9.99. The minimum Gasteiger partial charge on any atom is -0.388 e. The number of hydrogen-bond acceptors (Lipinski definition) is 3. The van der Waals surface area contributed by atoms with Gasteiger partial charge in [-0.25, -0.2) is 5.48 Å². The highest BCUT2D eigenvalue weighted by atomic mass is 35.5. The molecule has 1 atom stereocenters. The number of halogens is 1. The minimum absolute atomic E-state index is 0.339. The zero-order chi connectivity index (χ0) is 18.1. The van der Waals surface area contributed by atoms with Gasteiger partial charge in [0.25, 0.3) is 0 Å². The highest BCUT2D eigenvalue weighted by Crippen LogP contribution is 2.25. The van der Waals surface area contributed by atoms with Gasteiger partial charge in [0.1, 0.15) is 0 Å². The average molecular weight is 362 g/mol. The molecule has 134 valence electrons. The van der Waals surface area contributed by atoms with Gasteiger partial charge in [-0.3, -0.25) is 10.0 Å². The van der Waals surface area contributed by atoms with Gasteiger partial charge >= 0.3 is 0 Å². The molecule has 0 saturated carbocycles. The third kappa shape index (κ3) is 6.50. The van der Waals surface area contributed by atoms with E-state index in [2.05, 4.69) is 0 Å². The van der Waals surface area contributed by atoms with Crippen molar-refractivity contribution in [3.8, 4) is 11.1 Å². The second-order valence-corrected chi connectivity index (χ2v) is 6.57. The number of nitrogens with one attached hydrogen (secondary N) is 1. The molecule has 2 aromatic carbocycles. The summed E-state index contributed by atoms with van der Waals surface area (Å²) in [4.78, 5) is 10.9. The van der Waals surface area contributed by atoms with E-state index < -0.39 is 6.10 Å². The van der Waals surface area contributed by atoms with Crippen molar-refractivity contribution in [3.05, 3.63) is 59.1 Å². The predicted octanol–water partition coefficient (Wildman–Crippen LogP) is 4.89. The van der Waals surface area contributed by atoms with Gasteiger partial charge in [-0.2, -0.15) is 0 Å². The average Bonchev–Trinajstić information content (AvgIpc) is 2.65. The maximum absolute atomic E-state index is 10.9. The highest BCUT2D eigenvalue weighted by molar-refractivity contribution is 6.30. The lowest BCUT2D eigenvalue weighted by molar-refractivity contribution is -0.129. The second kappa shape index (κ2) is 10.2. The standard InChI is InChI=1S/C20H24ClNO3/c21-18-13-11-16(12-14-18)15-7-9-17(10-8-15)19(23)5-3-1-2-4-6-20(24)22-25/h7-14,19,23,25H,1-6H2,(H,22,24). The van der Waals surface area contributed by atoms with Crippen LogP contribution in [0.3, 0.4) is 0 Å². The molecule has 0 bridgehead atoms. The molecule has 1 unspecified atom stereocenters. The summed E-state index contributed by atoms with van der Waals surface area (Å²) in [6, 6.07) is 15.6. The third-order valence-corrected chi connectivity index (χ3v) is 4.48. The summed E-state index contributed by atoms with van der Waals surface area (Å²) >= 11 is 5.90. The normalized spacial score (nSPS) is 12.0.